The Labute approximate surface area is 69.2 Å². The van der Waals surface area contributed by atoms with Crippen LogP contribution in [0.25, 0.3) is 0 Å². The van der Waals surface area contributed by atoms with E-state index in [-0.39, 0.29) is 11.9 Å². The first-order valence-corrected chi connectivity index (χ1v) is 3.82. The molecule has 5 heteroatoms. The highest BCUT2D eigenvalue weighted by molar-refractivity contribution is 6.02. The van der Waals surface area contributed by atoms with Gasteiger partial charge >= 0.3 is 6.03 Å². The summed E-state index contributed by atoms with van der Waals surface area (Å²) in [6, 6.07) is -0.803. The van der Waals surface area contributed by atoms with Crippen molar-refractivity contribution in [1.82, 2.24) is 16.0 Å². The molecule has 5 nitrogen and oxygen atoms in total. The fourth-order valence-electron chi connectivity index (χ4n) is 1.39. The van der Waals surface area contributed by atoms with E-state index in [9.17, 15) is 9.59 Å². The predicted octanol–water partition coefficient (Wildman–Crippen LogP) is -0.928. The summed E-state index contributed by atoms with van der Waals surface area (Å²) in [5, 5.41) is 7.76. The number of fused-ring (bicyclic) bond motifs is 1. The monoisotopic (exact) mass is 167 g/mol. The van der Waals surface area contributed by atoms with Crippen LogP contribution in [0.15, 0.2) is 11.8 Å². The molecule has 1 saturated heterocycles. The molecular formula is C7H9N3O2. The third-order valence-electron chi connectivity index (χ3n) is 1.92. The van der Waals surface area contributed by atoms with E-state index < -0.39 is 6.03 Å². The van der Waals surface area contributed by atoms with Crippen LogP contribution >= 0.6 is 0 Å². The van der Waals surface area contributed by atoms with Crippen LogP contribution in [0.5, 0.6) is 0 Å². The minimum atomic E-state index is -0.439. The van der Waals surface area contributed by atoms with E-state index in [2.05, 4.69) is 16.0 Å². The summed E-state index contributed by atoms with van der Waals surface area (Å²) in [6.45, 7) is 0.775. The first-order chi connectivity index (χ1) is 5.77. The van der Waals surface area contributed by atoms with E-state index in [0.29, 0.717) is 5.70 Å². The molecule has 0 saturated carbocycles. The van der Waals surface area contributed by atoms with Gasteiger partial charge in [0.1, 0.15) is 6.04 Å². The van der Waals surface area contributed by atoms with E-state index in [1.165, 1.54) is 0 Å². The van der Waals surface area contributed by atoms with E-state index in [1.54, 1.807) is 0 Å². The fraction of sp³-hybridized carbons (Fsp3) is 0.429. The van der Waals surface area contributed by atoms with Crippen molar-refractivity contribution < 1.29 is 9.59 Å². The summed E-state index contributed by atoms with van der Waals surface area (Å²) in [7, 11) is 0. The second-order valence-electron chi connectivity index (χ2n) is 2.78. The first-order valence-electron chi connectivity index (χ1n) is 3.82. The molecule has 0 spiro atoms. The summed E-state index contributed by atoms with van der Waals surface area (Å²) >= 11 is 0. The maximum Gasteiger partial charge on any atom is 0.325 e. The van der Waals surface area contributed by atoms with Gasteiger partial charge in [-0.15, -0.1) is 0 Å². The molecule has 12 heavy (non-hydrogen) atoms. The van der Waals surface area contributed by atoms with Crippen LogP contribution in [0.2, 0.25) is 0 Å². The van der Waals surface area contributed by atoms with E-state index in [1.807, 2.05) is 6.08 Å². The molecule has 2 aliphatic rings. The van der Waals surface area contributed by atoms with Crippen LogP contribution in [-0.2, 0) is 4.79 Å². The number of rotatable bonds is 0. The first kappa shape index (κ1) is 7.30. The molecule has 2 rings (SSSR count). The normalized spacial score (nSPS) is 28.3. The zero-order chi connectivity index (χ0) is 8.55. The Hall–Kier alpha value is -1.36. The third kappa shape index (κ3) is 1.08. The molecular weight excluding hydrogens is 158 g/mol. The van der Waals surface area contributed by atoms with Crippen molar-refractivity contribution >= 4 is 11.9 Å². The van der Waals surface area contributed by atoms with Gasteiger partial charge in [-0.1, -0.05) is 6.08 Å². The molecule has 64 valence electrons. The Morgan fingerprint density at radius 1 is 1.33 bits per heavy atom. The van der Waals surface area contributed by atoms with Crippen LogP contribution in [0, 0.1) is 0 Å². The van der Waals surface area contributed by atoms with Gasteiger partial charge in [-0.2, -0.15) is 0 Å². The molecule has 0 aromatic heterocycles. The van der Waals surface area contributed by atoms with Crippen molar-refractivity contribution in [1.29, 1.82) is 0 Å². The van der Waals surface area contributed by atoms with E-state index >= 15 is 0 Å². The highest BCUT2D eigenvalue weighted by Crippen LogP contribution is 2.09. The second-order valence-corrected chi connectivity index (χ2v) is 2.78. The Bertz CT molecular complexity index is 272. The molecule has 1 fully saturated rings. The quantitative estimate of drug-likeness (QED) is 0.436. The van der Waals surface area contributed by atoms with Crippen molar-refractivity contribution in [3.63, 3.8) is 0 Å². The summed E-state index contributed by atoms with van der Waals surface area (Å²) < 4.78 is 0. The molecule has 2 aliphatic heterocycles. The molecule has 3 amide bonds. The van der Waals surface area contributed by atoms with Crippen LogP contribution in [-0.4, -0.2) is 24.5 Å². The van der Waals surface area contributed by atoms with Gasteiger partial charge in [0.2, 0.25) is 0 Å². The lowest BCUT2D eigenvalue weighted by molar-refractivity contribution is -0.121. The van der Waals surface area contributed by atoms with Crippen molar-refractivity contribution in [2.75, 3.05) is 6.54 Å². The molecule has 2 heterocycles. The molecule has 3 N–H and O–H groups in total. The number of nitrogens with one attached hydrogen (secondary N) is 3. The average molecular weight is 167 g/mol. The molecule has 0 aromatic carbocycles. The van der Waals surface area contributed by atoms with Gasteiger partial charge in [-0.05, 0) is 13.0 Å². The van der Waals surface area contributed by atoms with Crippen LogP contribution < -0.4 is 16.0 Å². The molecule has 0 radical (unpaired) electrons. The number of amides is 3. The Morgan fingerprint density at radius 2 is 2.17 bits per heavy atom. The zero-order valence-electron chi connectivity index (χ0n) is 6.39. The van der Waals surface area contributed by atoms with E-state index in [0.717, 1.165) is 13.0 Å². The lowest BCUT2D eigenvalue weighted by Gasteiger charge is -2.28. The number of urea groups is 1. The number of carbonyl (C=O) groups is 2. The van der Waals surface area contributed by atoms with Gasteiger partial charge in [0.05, 0.1) is 0 Å². The highest BCUT2D eigenvalue weighted by atomic mass is 16.2. The SMILES string of the molecule is O=C1NC(=O)C2NCCC=C2N1. The zero-order valence-corrected chi connectivity index (χ0v) is 6.39. The lowest BCUT2D eigenvalue weighted by atomic mass is 10.1. The Kier molecular flexibility index (Phi) is 1.58. The van der Waals surface area contributed by atoms with Gasteiger partial charge in [-0.3, -0.25) is 10.1 Å². The van der Waals surface area contributed by atoms with Crippen LogP contribution in [0.3, 0.4) is 0 Å². The third-order valence-corrected chi connectivity index (χ3v) is 1.92. The topological polar surface area (TPSA) is 70.2 Å². The average Bonchev–Trinajstić information content (AvgIpc) is 2.04. The van der Waals surface area contributed by atoms with Crippen molar-refractivity contribution in [3.05, 3.63) is 11.8 Å². The van der Waals surface area contributed by atoms with Crippen LogP contribution in [0.4, 0.5) is 4.79 Å². The molecule has 1 atom stereocenters. The minimum Gasteiger partial charge on any atom is -0.310 e. The van der Waals surface area contributed by atoms with Gasteiger partial charge in [-0.25, -0.2) is 4.79 Å². The van der Waals surface area contributed by atoms with Crippen molar-refractivity contribution in [2.24, 2.45) is 0 Å². The number of hydrogen-bond acceptors (Lipinski definition) is 3. The standard InChI is InChI=1S/C7H9N3O2/c11-6-5-4(2-1-3-8-5)9-7(12)10-6/h2,5,8H,1,3H2,(H2,9,10,11,12). The lowest BCUT2D eigenvalue weighted by Crippen LogP contribution is -2.59. The summed E-state index contributed by atoms with van der Waals surface area (Å²) in [4.78, 5) is 22.0. The van der Waals surface area contributed by atoms with Gasteiger partial charge < -0.3 is 10.6 Å². The van der Waals surface area contributed by atoms with Crippen LogP contribution in [0.1, 0.15) is 6.42 Å². The predicted molar refractivity (Wildman–Crippen MR) is 41.2 cm³/mol. The van der Waals surface area contributed by atoms with Crippen molar-refractivity contribution in [3.8, 4) is 0 Å². The highest BCUT2D eigenvalue weighted by Gasteiger charge is 2.31. The molecule has 0 aromatic rings. The summed E-state index contributed by atoms with van der Waals surface area (Å²) in [5.74, 6) is -0.273. The maximum atomic E-state index is 11.2. The maximum absolute atomic E-state index is 11.2. The second kappa shape index (κ2) is 2.60. The Morgan fingerprint density at radius 3 is 3.00 bits per heavy atom. The van der Waals surface area contributed by atoms with E-state index in [4.69, 9.17) is 0 Å². The van der Waals surface area contributed by atoms with Gasteiger partial charge in [0, 0.05) is 5.70 Å². The van der Waals surface area contributed by atoms with Gasteiger partial charge in [0.15, 0.2) is 0 Å². The largest absolute Gasteiger partial charge is 0.325 e. The summed E-state index contributed by atoms with van der Waals surface area (Å²) in [6.07, 6.45) is 2.72. The number of carbonyl (C=O) groups excluding carboxylic acids is 2. The Balaban J connectivity index is 2.25. The smallest absolute Gasteiger partial charge is 0.310 e. The van der Waals surface area contributed by atoms with Gasteiger partial charge in [0.25, 0.3) is 5.91 Å². The van der Waals surface area contributed by atoms with Crippen molar-refractivity contribution in [2.45, 2.75) is 12.5 Å². The number of hydrogen-bond donors (Lipinski definition) is 3. The minimum absolute atomic E-state index is 0.273. The molecule has 0 aliphatic carbocycles. The molecule has 0 bridgehead atoms. The number of imide groups is 1. The molecule has 1 unspecified atom stereocenters. The summed E-state index contributed by atoms with van der Waals surface area (Å²) in [5.41, 5.74) is 0.676. The fourth-order valence-corrected chi connectivity index (χ4v) is 1.39.